The number of amides is 1. The van der Waals surface area contributed by atoms with Crippen molar-refractivity contribution >= 4 is 34.0 Å². The van der Waals surface area contributed by atoms with Crippen molar-refractivity contribution in [2.75, 3.05) is 39.1 Å². The van der Waals surface area contributed by atoms with Gasteiger partial charge in [-0.1, -0.05) is 6.42 Å². The Labute approximate surface area is 155 Å². The fourth-order valence-corrected chi connectivity index (χ4v) is 4.36. The average molecular weight is 392 g/mol. The maximum atomic E-state index is 12.9. The van der Waals surface area contributed by atoms with E-state index in [-0.39, 0.29) is 29.0 Å². The molecule has 1 amide bonds. The Kier molecular flexibility index (Phi) is 8.64. The molecule has 25 heavy (non-hydrogen) atoms. The summed E-state index contributed by atoms with van der Waals surface area (Å²) in [7, 11) is -0.427. The van der Waals surface area contributed by atoms with Crippen LogP contribution in [0.4, 0.5) is 5.69 Å². The molecule has 0 aliphatic carbocycles. The van der Waals surface area contributed by atoms with Gasteiger partial charge in [-0.05, 0) is 38.1 Å². The normalized spacial score (nSPS) is 15.3. The van der Waals surface area contributed by atoms with Gasteiger partial charge < -0.3 is 15.4 Å². The number of methoxy groups -OCH3 is 1. The zero-order chi connectivity index (χ0) is 17.6. The van der Waals surface area contributed by atoms with Gasteiger partial charge in [-0.15, -0.1) is 12.4 Å². The van der Waals surface area contributed by atoms with Crippen LogP contribution in [0.5, 0.6) is 5.75 Å². The number of piperidine rings is 1. The zero-order valence-corrected chi connectivity index (χ0v) is 16.2. The Morgan fingerprint density at radius 3 is 2.52 bits per heavy atom. The van der Waals surface area contributed by atoms with E-state index in [0.717, 1.165) is 19.3 Å². The monoisotopic (exact) mass is 391 g/mol. The van der Waals surface area contributed by atoms with Crippen LogP contribution in [0.2, 0.25) is 0 Å². The molecule has 1 aromatic carbocycles. The third kappa shape index (κ3) is 5.57. The van der Waals surface area contributed by atoms with E-state index < -0.39 is 10.0 Å². The van der Waals surface area contributed by atoms with Crippen LogP contribution < -0.4 is 15.4 Å². The topological polar surface area (TPSA) is 87.7 Å². The first kappa shape index (κ1) is 21.7. The van der Waals surface area contributed by atoms with Crippen molar-refractivity contribution in [3.63, 3.8) is 0 Å². The van der Waals surface area contributed by atoms with Crippen LogP contribution >= 0.6 is 12.4 Å². The van der Waals surface area contributed by atoms with E-state index in [9.17, 15) is 13.2 Å². The number of hydrogen-bond donors (Lipinski definition) is 2. The van der Waals surface area contributed by atoms with E-state index in [4.69, 9.17) is 4.74 Å². The summed E-state index contributed by atoms with van der Waals surface area (Å²) in [4.78, 5) is 11.9. The number of sulfonamides is 1. The lowest BCUT2D eigenvalue weighted by Crippen LogP contribution is -2.35. The summed E-state index contributed by atoms with van der Waals surface area (Å²) >= 11 is 0. The van der Waals surface area contributed by atoms with E-state index in [0.29, 0.717) is 31.7 Å². The number of rotatable bonds is 7. The number of anilines is 1. The molecule has 0 saturated carbocycles. The van der Waals surface area contributed by atoms with Crippen LogP contribution in [0, 0.1) is 0 Å². The zero-order valence-electron chi connectivity index (χ0n) is 14.6. The summed E-state index contributed by atoms with van der Waals surface area (Å²) in [6, 6.07) is 4.69. The molecule has 1 aromatic rings. The maximum absolute atomic E-state index is 12.9. The fourth-order valence-electron chi connectivity index (χ4n) is 2.66. The van der Waals surface area contributed by atoms with Gasteiger partial charge in [0.15, 0.2) is 0 Å². The first-order valence-electron chi connectivity index (χ1n) is 8.11. The summed E-state index contributed by atoms with van der Waals surface area (Å²) in [5.74, 6) is 0.115. The maximum Gasteiger partial charge on any atom is 0.246 e. The molecule has 1 aliphatic rings. The molecule has 0 unspecified atom stereocenters. The van der Waals surface area contributed by atoms with Gasteiger partial charge in [0.25, 0.3) is 0 Å². The van der Waals surface area contributed by atoms with Gasteiger partial charge in [0.1, 0.15) is 10.6 Å². The minimum absolute atomic E-state index is 0. The number of carbonyl (C=O) groups is 1. The van der Waals surface area contributed by atoms with Gasteiger partial charge in [0.05, 0.1) is 7.11 Å². The van der Waals surface area contributed by atoms with E-state index in [1.807, 2.05) is 0 Å². The summed E-state index contributed by atoms with van der Waals surface area (Å²) in [6.45, 7) is 1.59. The third-order valence-electron chi connectivity index (χ3n) is 3.98. The van der Waals surface area contributed by atoms with Crippen molar-refractivity contribution in [2.45, 2.75) is 30.6 Å². The minimum atomic E-state index is -3.64. The second kappa shape index (κ2) is 9.96. The van der Waals surface area contributed by atoms with Crippen molar-refractivity contribution in [2.24, 2.45) is 0 Å². The molecule has 2 N–H and O–H groups in total. The van der Waals surface area contributed by atoms with Gasteiger partial charge in [-0.3, -0.25) is 4.79 Å². The van der Waals surface area contributed by atoms with Gasteiger partial charge in [0, 0.05) is 31.7 Å². The Balaban J connectivity index is 0.00000312. The lowest BCUT2D eigenvalue weighted by Gasteiger charge is -2.26. The van der Waals surface area contributed by atoms with Crippen molar-refractivity contribution < 1.29 is 17.9 Å². The number of benzene rings is 1. The van der Waals surface area contributed by atoms with E-state index in [1.54, 1.807) is 19.2 Å². The second-order valence-corrected chi connectivity index (χ2v) is 7.64. The van der Waals surface area contributed by atoms with Crippen LogP contribution in [0.15, 0.2) is 23.1 Å². The van der Waals surface area contributed by atoms with Gasteiger partial charge in [0.2, 0.25) is 15.9 Å². The quantitative estimate of drug-likeness (QED) is 0.740. The first-order chi connectivity index (χ1) is 11.5. The van der Waals surface area contributed by atoms with Crippen LogP contribution in [0.3, 0.4) is 0 Å². The standard InChI is InChI=1S/C16H25N3O4S.ClH/c1-17-9-8-16(20)18-13-6-7-14(23-2)15(12-13)24(21,22)19-10-4-3-5-11-19;/h6-7,12,17H,3-5,8-11H2,1-2H3,(H,18,20);1H. The minimum Gasteiger partial charge on any atom is -0.495 e. The number of ether oxygens (including phenoxy) is 1. The van der Waals surface area contributed by atoms with Gasteiger partial charge in [-0.2, -0.15) is 4.31 Å². The molecule has 2 rings (SSSR count). The first-order valence-corrected chi connectivity index (χ1v) is 9.55. The molecular formula is C16H26ClN3O4S. The van der Waals surface area contributed by atoms with Crippen LogP contribution in [0.1, 0.15) is 25.7 Å². The molecule has 142 valence electrons. The van der Waals surface area contributed by atoms with Crippen molar-refractivity contribution in [3.8, 4) is 5.75 Å². The summed E-state index contributed by atoms with van der Waals surface area (Å²) < 4.78 is 32.5. The van der Waals surface area contributed by atoms with Crippen LogP contribution in [0.25, 0.3) is 0 Å². The predicted octanol–water partition coefficient (Wildman–Crippen LogP) is 1.84. The molecule has 0 aromatic heterocycles. The highest BCUT2D eigenvalue weighted by Gasteiger charge is 2.29. The average Bonchev–Trinajstić information content (AvgIpc) is 2.60. The predicted molar refractivity (Wildman–Crippen MR) is 100 cm³/mol. The highest BCUT2D eigenvalue weighted by molar-refractivity contribution is 7.89. The number of nitrogens with one attached hydrogen (secondary N) is 2. The van der Waals surface area contributed by atoms with Crippen molar-refractivity contribution in [3.05, 3.63) is 18.2 Å². The van der Waals surface area contributed by atoms with Gasteiger partial charge in [-0.25, -0.2) is 8.42 Å². The molecule has 0 radical (unpaired) electrons. The SMILES string of the molecule is CNCCC(=O)Nc1ccc(OC)c(S(=O)(=O)N2CCCCC2)c1.Cl. The van der Waals surface area contributed by atoms with Crippen molar-refractivity contribution in [1.82, 2.24) is 9.62 Å². The fraction of sp³-hybridized carbons (Fsp3) is 0.562. The highest BCUT2D eigenvalue weighted by Crippen LogP contribution is 2.31. The number of halogens is 1. The Hall–Kier alpha value is -1.35. The van der Waals surface area contributed by atoms with Gasteiger partial charge >= 0.3 is 0 Å². The summed E-state index contributed by atoms with van der Waals surface area (Å²) in [6.07, 6.45) is 3.09. The second-order valence-electron chi connectivity index (χ2n) is 5.73. The van der Waals surface area contributed by atoms with E-state index in [1.165, 1.54) is 17.5 Å². The molecule has 1 heterocycles. The molecule has 1 fully saturated rings. The third-order valence-corrected chi connectivity index (χ3v) is 5.90. The van der Waals surface area contributed by atoms with E-state index >= 15 is 0 Å². The molecule has 0 spiro atoms. The number of hydrogen-bond acceptors (Lipinski definition) is 5. The van der Waals surface area contributed by atoms with Crippen LogP contribution in [-0.4, -0.2) is 52.4 Å². The smallest absolute Gasteiger partial charge is 0.246 e. The number of nitrogens with zero attached hydrogens (tertiary/aromatic N) is 1. The molecule has 1 saturated heterocycles. The molecule has 0 bridgehead atoms. The molecule has 9 heteroatoms. The lowest BCUT2D eigenvalue weighted by atomic mass is 10.2. The molecule has 0 atom stereocenters. The van der Waals surface area contributed by atoms with Crippen LogP contribution in [-0.2, 0) is 14.8 Å². The summed E-state index contributed by atoms with van der Waals surface area (Å²) in [5, 5.41) is 5.62. The Morgan fingerprint density at radius 1 is 1.24 bits per heavy atom. The molecule has 1 aliphatic heterocycles. The van der Waals surface area contributed by atoms with Crippen molar-refractivity contribution in [1.29, 1.82) is 0 Å². The molecule has 7 nitrogen and oxygen atoms in total. The van der Waals surface area contributed by atoms with E-state index in [2.05, 4.69) is 10.6 Å². The number of carbonyl (C=O) groups excluding carboxylic acids is 1. The lowest BCUT2D eigenvalue weighted by molar-refractivity contribution is -0.116. The Bertz CT molecular complexity index is 676. The largest absolute Gasteiger partial charge is 0.495 e. The highest BCUT2D eigenvalue weighted by atomic mass is 35.5. The summed E-state index contributed by atoms with van der Waals surface area (Å²) in [5.41, 5.74) is 0.451. The molecular weight excluding hydrogens is 366 g/mol. The Morgan fingerprint density at radius 2 is 1.92 bits per heavy atom.